The lowest BCUT2D eigenvalue weighted by atomic mass is 10.0. The quantitative estimate of drug-likeness (QED) is 0.375. The molecular weight excluding hydrogens is 561 g/mol. The van der Waals surface area contributed by atoms with E-state index in [0.717, 1.165) is 27.3 Å². The minimum absolute atomic E-state index is 0.0531. The molecule has 0 spiro atoms. The number of nitrogens with zero attached hydrogens (tertiary/aromatic N) is 5. The maximum atomic E-state index is 14.4. The van der Waals surface area contributed by atoms with Crippen LogP contribution in [0.3, 0.4) is 0 Å². The third kappa shape index (κ3) is 7.47. The Kier molecular flexibility index (Phi) is 9.08. The van der Waals surface area contributed by atoms with Crippen molar-refractivity contribution in [1.29, 1.82) is 0 Å². The first-order valence-corrected chi connectivity index (χ1v) is 14.2. The fraction of sp³-hybridized carbons (Fsp3) is 0.484. The molecule has 2 heterocycles. The highest BCUT2D eigenvalue weighted by molar-refractivity contribution is 5.98. The Morgan fingerprint density at radius 3 is 2.30 bits per heavy atom. The number of alkyl halides is 3. The molecule has 1 N–H and O–H groups in total. The second kappa shape index (κ2) is 12.3. The maximum absolute atomic E-state index is 14.4. The number of anilines is 1. The predicted molar refractivity (Wildman–Crippen MR) is 157 cm³/mol. The number of ether oxygens (including phenoxy) is 1. The number of aryl methyl sites for hydroxylation is 3. The highest BCUT2D eigenvalue weighted by atomic mass is 19.4. The summed E-state index contributed by atoms with van der Waals surface area (Å²) in [5, 5.41) is 11.8. The highest BCUT2D eigenvalue weighted by Gasteiger charge is 2.49. The van der Waals surface area contributed by atoms with Crippen LogP contribution in [0.15, 0.2) is 42.6 Å². The third-order valence-electron chi connectivity index (χ3n) is 7.42. The Hall–Kier alpha value is -4.09. The Balaban J connectivity index is 1.63. The predicted octanol–water partition coefficient (Wildman–Crippen LogP) is 6.21. The van der Waals surface area contributed by atoms with Crippen molar-refractivity contribution in [2.45, 2.75) is 85.3 Å². The molecule has 43 heavy (non-hydrogen) atoms. The molecule has 232 valence electrons. The van der Waals surface area contributed by atoms with E-state index in [2.05, 4.69) is 15.6 Å². The largest absolute Gasteiger partial charge is 0.444 e. The minimum Gasteiger partial charge on any atom is -0.444 e. The number of para-hydroxylation sites is 1. The van der Waals surface area contributed by atoms with Crippen LogP contribution < -0.4 is 5.32 Å². The lowest BCUT2D eigenvalue weighted by Gasteiger charge is -2.32. The molecule has 1 aromatic heterocycles. The molecule has 3 aromatic rings. The van der Waals surface area contributed by atoms with Gasteiger partial charge in [-0.1, -0.05) is 29.5 Å². The Morgan fingerprint density at radius 2 is 1.67 bits per heavy atom. The number of amides is 2. The van der Waals surface area contributed by atoms with Crippen molar-refractivity contribution in [1.82, 2.24) is 24.8 Å². The lowest BCUT2D eigenvalue weighted by Crippen LogP contribution is -2.49. The molecule has 2 aromatic carbocycles. The SMILES string of the molecule is Cc1ccc(C(=O)N2CCN(C(=O)OC(C)(C)C)C(C)CC2C(F)(F)F)c(-n2cc(CNc3c(C)cccc3C)nn2)c1. The van der Waals surface area contributed by atoms with Crippen LogP contribution in [-0.2, 0) is 11.3 Å². The third-order valence-corrected chi connectivity index (χ3v) is 7.42. The van der Waals surface area contributed by atoms with Gasteiger partial charge in [0, 0.05) is 24.8 Å². The van der Waals surface area contributed by atoms with E-state index in [1.807, 2.05) is 39.0 Å². The number of hydrogen-bond donors (Lipinski definition) is 1. The molecule has 1 saturated heterocycles. The monoisotopic (exact) mass is 600 g/mol. The average Bonchev–Trinajstić information content (AvgIpc) is 3.28. The number of hydrogen-bond acceptors (Lipinski definition) is 6. The smallest absolute Gasteiger partial charge is 0.410 e. The number of carbonyl (C=O) groups excluding carboxylic acids is 2. The molecule has 9 nitrogen and oxygen atoms in total. The molecule has 4 rings (SSSR count). The van der Waals surface area contributed by atoms with E-state index < -0.39 is 42.3 Å². The normalized spacial score (nSPS) is 17.9. The topological polar surface area (TPSA) is 92.6 Å². The molecule has 1 aliphatic rings. The van der Waals surface area contributed by atoms with Gasteiger partial charge in [0.2, 0.25) is 0 Å². The van der Waals surface area contributed by atoms with Crippen molar-refractivity contribution < 1.29 is 27.5 Å². The number of aromatic nitrogens is 3. The van der Waals surface area contributed by atoms with Crippen molar-refractivity contribution >= 4 is 17.7 Å². The fourth-order valence-corrected chi connectivity index (χ4v) is 5.25. The molecule has 0 radical (unpaired) electrons. The molecule has 0 aliphatic carbocycles. The maximum Gasteiger partial charge on any atom is 0.410 e. The van der Waals surface area contributed by atoms with Gasteiger partial charge in [-0.2, -0.15) is 13.2 Å². The first kappa shape index (κ1) is 31.8. The van der Waals surface area contributed by atoms with Gasteiger partial charge in [-0.15, -0.1) is 5.10 Å². The molecule has 0 saturated carbocycles. The van der Waals surface area contributed by atoms with Gasteiger partial charge in [0.05, 0.1) is 24.0 Å². The van der Waals surface area contributed by atoms with Crippen molar-refractivity contribution in [2.24, 2.45) is 0 Å². The Bertz CT molecular complexity index is 1460. The van der Waals surface area contributed by atoms with Crippen LogP contribution >= 0.6 is 0 Å². The van der Waals surface area contributed by atoms with E-state index in [-0.39, 0.29) is 18.7 Å². The number of nitrogens with one attached hydrogen (secondary N) is 1. The molecule has 1 fully saturated rings. The van der Waals surface area contributed by atoms with E-state index in [4.69, 9.17) is 4.74 Å². The van der Waals surface area contributed by atoms with Crippen LogP contribution in [0.25, 0.3) is 5.69 Å². The molecule has 0 bridgehead atoms. The first-order chi connectivity index (χ1) is 20.0. The zero-order valence-corrected chi connectivity index (χ0v) is 25.6. The van der Waals surface area contributed by atoms with Crippen LogP contribution in [0, 0.1) is 20.8 Å². The van der Waals surface area contributed by atoms with Gasteiger partial charge in [0.15, 0.2) is 0 Å². The van der Waals surface area contributed by atoms with E-state index in [9.17, 15) is 22.8 Å². The average molecular weight is 601 g/mol. The van der Waals surface area contributed by atoms with Crippen LogP contribution in [0.5, 0.6) is 0 Å². The van der Waals surface area contributed by atoms with Crippen LogP contribution in [0.2, 0.25) is 0 Å². The fourth-order valence-electron chi connectivity index (χ4n) is 5.25. The van der Waals surface area contributed by atoms with E-state index in [1.165, 1.54) is 22.6 Å². The van der Waals surface area contributed by atoms with E-state index in [1.54, 1.807) is 39.1 Å². The molecular formula is C31H39F3N6O3. The number of halogens is 3. The van der Waals surface area contributed by atoms with Gasteiger partial charge >= 0.3 is 12.3 Å². The number of rotatable bonds is 5. The number of benzene rings is 2. The van der Waals surface area contributed by atoms with E-state index in [0.29, 0.717) is 17.9 Å². The lowest BCUT2D eigenvalue weighted by molar-refractivity contribution is -0.177. The highest BCUT2D eigenvalue weighted by Crippen LogP contribution is 2.33. The van der Waals surface area contributed by atoms with Gasteiger partial charge in [0.1, 0.15) is 17.3 Å². The van der Waals surface area contributed by atoms with Crippen molar-refractivity contribution in [3.8, 4) is 5.69 Å². The second-order valence-corrected chi connectivity index (χ2v) is 12.1. The van der Waals surface area contributed by atoms with Crippen LogP contribution in [0.1, 0.15) is 66.9 Å². The Morgan fingerprint density at radius 1 is 1.02 bits per heavy atom. The zero-order chi connectivity index (χ0) is 31.7. The molecule has 2 amide bonds. The molecule has 2 unspecified atom stereocenters. The zero-order valence-electron chi connectivity index (χ0n) is 25.6. The van der Waals surface area contributed by atoms with Crippen molar-refractivity contribution in [3.63, 3.8) is 0 Å². The second-order valence-electron chi connectivity index (χ2n) is 12.1. The van der Waals surface area contributed by atoms with Gasteiger partial charge < -0.3 is 19.9 Å². The Labute approximate surface area is 250 Å². The summed E-state index contributed by atoms with van der Waals surface area (Å²) in [5.74, 6) is -0.804. The summed E-state index contributed by atoms with van der Waals surface area (Å²) in [6, 6.07) is 7.96. The van der Waals surface area contributed by atoms with Gasteiger partial charge in [-0.05, 0) is 83.7 Å². The summed E-state index contributed by atoms with van der Waals surface area (Å²) in [6.45, 7) is 12.4. The summed E-state index contributed by atoms with van der Waals surface area (Å²) in [4.78, 5) is 28.9. The van der Waals surface area contributed by atoms with Crippen LogP contribution in [0.4, 0.5) is 23.7 Å². The summed E-state index contributed by atoms with van der Waals surface area (Å²) in [6.07, 6.45) is -4.25. The first-order valence-electron chi connectivity index (χ1n) is 14.2. The number of carbonyl (C=O) groups is 2. The van der Waals surface area contributed by atoms with Gasteiger partial charge in [-0.3, -0.25) is 4.79 Å². The molecule has 2 atom stereocenters. The van der Waals surface area contributed by atoms with Crippen molar-refractivity contribution in [3.05, 3.63) is 70.5 Å². The molecule has 12 heteroatoms. The van der Waals surface area contributed by atoms with E-state index >= 15 is 0 Å². The van der Waals surface area contributed by atoms with Gasteiger partial charge in [0.25, 0.3) is 5.91 Å². The minimum atomic E-state index is -4.71. The summed E-state index contributed by atoms with van der Waals surface area (Å²) in [5.41, 5.74) is 4.08. The summed E-state index contributed by atoms with van der Waals surface area (Å²) >= 11 is 0. The van der Waals surface area contributed by atoms with Gasteiger partial charge in [-0.25, -0.2) is 9.48 Å². The van der Waals surface area contributed by atoms with Crippen LogP contribution in [-0.4, -0.2) is 73.7 Å². The summed E-state index contributed by atoms with van der Waals surface area (Å²) < 4.78 is 50.1. The van der Waals surface area contributed by atoms with Crippen molar-refractivity contribution in [2.75, 3.05) is 18.4 Å². The standard InChI is InChI=1S/C31H39F3N6O3/c1-19-11-12-24(25(15-19)40-18-23(36-37-40)17-35-27-20(2)9-8-10-21(27)3)28(41)39-14-13-38(29(42)43-30(5,6)7)22(4)16-26(39)31(32,33)34/h8-12,15,18,22,26,35H,13-14,16-17H2,1-7H3. The summed E-state index contributed by atoms with van der Waals surface area (Å²) in [7, 11) is 0. The molecule has 1 aliphatic heterocycles.